The molecule has 0 aliphatic carbocycles. The first-order valence-electron chi connectivity index (χ1n) is 7.18. The summed E-state index contributed by atoms with van der Waals surface area (Å²) in [5.41, 5.74) is 5.54. The van der Waals surface area contributed by atoms with Gasteiger partial charge in [-0.05, 0) is 72.8 Å². The summed E-state index contributed by atoms with van der Waals surface area (Å²) in [5.74, 6) is -0.162. The van der Waals surface area contributed by atoms with E-state index in [0.29, 0.717) is 0 Å². The van der Waals surface area contributed by atoms with E-state index < -0.39 is 0 Å². The van der Waals surface area contributed by atoms with Crippen molar-refractivity contribution in [3.8, 4) is 11.1 Å². The van der Waals surface area contributed by atoms with Gasteiger partial charge in [-0.3, -0.25) is 0 Å². The topological polar surface area (TPSA) is 12.0 Å². The van der Waals surface area contributed by atoms with Gasteiger partial charge in [0.1, 0.15) is 5.82 Å². The Kier molecular flexibility index (Phi) is 4.91. The first-order valence-corrected chi connectivity index (χ1v) is 7.18. The monoisotopic (exact) mass is 271 g/mol. The van der Waals surface area contributed by atoms with Crippen LogP contribution >= 0.6 is 0 Å². The van der Waals surface area contributed by atoms with E-state index in [1.165, 1.54) is 5.56 Å². The molecule has 0 saturated heterocycles. The van der Waals surface area contributed by atoms with Crippen molar-refractivity contribution in [3.63, 3.8) is 0 Å². The third-order valence-corrected chi connectivity index (χ3v) is 3.47. The van der Waals surface area contributed by atoms with Gasteiger partial charge >= 0.3 is 0 Å². The second-order valence-electron chi connectivity index (χ2n) is 5.29. The molecule has 2 aromatic rings. The van der Waals surface area contributed by atoms with Gasteiger partial charge in [0.2, 0.25) is 0 Å². The molecule has 0 aliphatic rings. The molecule has 0 aromatic heterocycles. The predicted octanol–water partition coefficient (Wildman–Crippen LogP) is 4.61. The number of aryl methyl sites for hydroxylation is 2. The van der Waals surface area contributed by atoms with Crippen LogP contribution in [0.2, 0.25) is 0 Å². The van der Waals surface area contributed by atoms with E-state index in [0.717, 1.165) is 41.8 Å². The van der Waals surface area contributed by atoms with Crippen LogP contribution in [0.5, 0.6) is 0 Å². The second-order valence-corrected chi connectivity index (χ2v) is 5.29. The van der Waals surface area contributed by atoms with Crippen LogP contribution in [0.25, 0.3) is 11.1 Å². The molecule has 0 atom stereocenters. The third-order valence-electron chi connectivity index (χ3n) is 3.47. The summed E-state index contributed by atoms with van der Waals surface area (Å²) < 4.78 is 13.4. The van der Waals surface area contributed by atoms with Gasteiger partial charge in [-0.2, -0.15) is 0 Å². The quantitative estimate of drug-likeness (QED) is 0.783. The number of halogens is 1. The van der Waals surface area contributed by atoms with E-state index >= 15 is 0 Å². The van der Waals surface area contributed by atoms with Crippen molar-refractivity contribution in [3.05, 3.63) is 58.9 Å². The van der Waals surface area contributed by atoms with Gasteiger partial charge in [0.15, 0.2) is 0 Å². The zero-order valence-electron chi connectivity index (χ0n) is 12.5. The first kappa shape index (κ1) is 14.7. The van der Waals surface area contributed by atoms with E-state index in [1.807, 2.05) is 13.8 Å². The van der Waals surface area contributed by atoms with Gasteiger partial charge in [-0.25, -0.2) is 4.39 Å². The maximum Gasteiger partial charge on any atom is 0.123 e. The van der Waals surface area contributed by atoms with Crippen molar-refractivity contribution in [1.29, 1.82) is 0 Å². The van der Waals surface area contributed by atoms with Gasteiger partial charge in [-0.1, -0.05) is 25.1 Å². The van der Waals surface area contributed by atoms with E-state index in [4.69, 9.17) is 0 Å². The van der Waals surface area contributed by atoms with Crippen LogP contribution in [0.3, 0.4) is 0 Å². The smallest absolute Gasteiger partial charge is 0.123 e. The molecule has 0 heterocycles. The Morgan fingerprint density at radius 1 is 1.05 bits per heavy atom. The predicted molar refractivity (Wildman–Crippen MR) is 83.3 cm³/mol. The molecule has 2 rings (SSSR count). The zero-order valence-corrected chi connectivity index (χ0v) is 12.5. The maximum absolute atomic E-state index is 13.4. The maximum atomic E-state index is 13.4. The van der Waals surface area contributed by atoms with Crippen molar-refractivity contribution < 1.29 is 4.39 Å². The lowest BCUT2D eigenvalue weighted by Crippen LogP contribution is -2.13. The summed E-state index contributed by atoms with van der Waals surface area (Å²) in [6.45, 7) is 8.00. The highest BCUT2D eigenvalue weighted by atomic mass is 19.1. The Labute approximate surface area is 120 Å². The highest BCUT2D eigenvalue weighted by Gasteiger charge is 2.08. The third kappa shape index (κ3) is 3.45. The lowest BCUT2D eigenvalue weighted by Gasteiger charge is -2.12. The molecule has 0 unspecified atom stereocenters. The minimum atomic E-state index is -0.162. The molecule has 0 fully saturated rings. The van der Waals surface area contributed by atoms with Crippen LogP contribution in [-0.4, -0.2) is 6.54 Å². The summed E-state index contributed by atoms with van der Waals surface area (Å²) in [5, 5.41) is 3.41. The zero-order chi connectivity index (χ0) is 14.5. The van der Waals surface area contributed by atoms with Crippen molar-refractivity contribution in [2.24, 2.45) is 0 Å². The van der Waals surface area contributed by atoms with Gasteiger partial charge in [0.05, 0.1) is 0 Å². The Morgan fingerprint density at radius 2 is 1.75 bits per heavy atom. The molecular weight excluding hydrogens is 249 g/mol. The average molecular weight is 271 g/mol. The number of rotatable bonds is 5. The van der Waals surface area contributed by atoms with Crippen LogP contribution < -0.4 is 5.32 Å². The molecule has 106 valence electrons. The molecule has 0 bridgehead atoms. The normalized spacial score (nSPS) is 10.8. The van der Waals surface area contributed by atoms with Crippen molar-refractivity contribution in [2.45, 2.75) is 33.7 Å². The highest BCUT2D eigenvalue weighted by molar-refractivity contribution is 5.71. The molecule has 0 radical (unpaired) electrons. The summed E-state index contributed by atoms with van der Waals surface area (Å²) in [4.78, 5) is 0. The molecule has 1 nitrogen and oxygen atoms in total. The first-order chi connectivity index (χ1) is 9.61. The molecule has 0 saturated carbocycles. The fraction of sp³-hybridized carbons (Fsp3) is 0.333. The van der Waals surface area contributed by atoms with Crippen LogP contribution in [-0.2, 0) is 6.54 Å². The number of benzene rings is 2. The van der Waals surface area contributed by atoms with E-state index in [9.17, 15) is 4.39 Å². The Hall–Kier alpha value is -1.67. The van der Waals surface area contributed by atoms with E-state index in [2.05, 4.69) is 36.5 Å². The minimum Gasteiger partial charge on any atom is -0.313 e. The second kappa shape index (κ2) is 6.67. The van der Waals surface area contributed by atoms with Crippen LogP contribution in [0.1, 0.15) is 30.0 Å². The van der Waals surface area contributed by atoms with Crippen molar-refractivity contribution in [1.82, 2.24) is 5.32 Å². The lowest BCUT2D eigenvalue weighted by molar-refractivity contribution is 0.625. The minimum absolute atomic E-state index is 0.162. The lowest BCUT2D eigenvalue weighted by atomic mass is 9.94. The van der Waals surface area contributed by atoms with Gasteiger partial charge in [-0.15, -0.1) is 0 Å². The average Bonchev–Trinajstić information content (AvgIpc) is 2.38. The van der Waals surface area contributed by atoms with Crippen molar-refractivity contribution >= 4 is 0 Å². The summed E-state index contributed by atoms with van der Waals surface area (Å²) >= 11 is 0. The number of nitrogens with one attached hydrogen (secondary N) is 1. The van der Waals surface area contributed by atoms with E-state index in [1.54, 1.807) is 12.1 Å². The standard InChI is InChI=1S/C18H22FN/c1-4-8-20-12-15-6-5-7-16(11-15)18-13(2)9-17(19)10-14(18)3/h5-7,9-11,20H,4,8,12H2,1-3H3. The fourth-order valence-electron chi connectivity index (χ4n) is 2.61. The molecule has 0 amide bonds. The Morgan fingerprint density at radius 3 is 2.40 bits per heavy atom. The molecule has 0 aliphatic heterocycles. The molecule has 2 aromatic carbocycles. The largest absolute Gasteiger partial charge is 0.313 e. The molecule has 20 heavy (non-hydrogen) atoms. The number of hydrogen-bond donors (Lipinski definition) is 1. The fourth-order valence-corrected chi connectivity index (χ4v) is 2.61. The van der Waals surface area contributed by atoms with Gasteiger partial charge < -0.3 is 5.32 Å². The highest BCUT2D eigenvalue weighted by Crippen LogP contribution is 2.28. The molecule has 0 spiro atoms. The summed E-state index contributed by atoms with van der Waals surface area (Å²) in [7, 11) is 0. The van der Waals surface area contributed by atoms with Crippen LogP contribution in [0.15, 0.2) is 36.4 Å². The van der Waals surface area contributed by atoms with Gasteiger partial charge in [0.25, 0.3) is 0 Å². The summed E-state index contributed by atoms with van der Waals surface area (Å²) in [6.07, 6.45) is 1.13. The summed E-state index contributed by atoms with van der Waals surface area (Å²) in [6, 6.07) is 11.7. The molecule has 2 heteroatoms. The number of hydrogen-bond acceptors (Lipinski definition) is 1. The van der Waals surface area contributed by atoms with Crippen LogP contribution in [0, 0.1) is 19.7 Å². The van der Waals surface area contributed by atoms with E-state index in [-0.39, 0.29) is 5.82 Å². The Bertz CT molecular complexity index is 567. The van der Waals surface area contributed by atoms with Crippen LogP contribution in [0.4, 0.5) is 4.39 Å². The SMILES string of the molecule is CCCNCc1cccc(-c2c(C)cc(F)cc2C)c1. The van der Waals surface area contributed by atoms with Crippen molar-refractivity contribution in [2.75, 3.05) is 6.54 Å². The molecular formula is C18H22FN. The molecule has 1 N–H and O–H groups in total. The Balaban J connectivity index is 2.31. The van der Waals surface area contributed by atoms with Gasteiger partial charge in [0, 0.05) is 6.54 Å².